The topological polar surface area (TPSA) is 98.4 Å². The molecule has 1 aromatic heterocycles. The van der Waals surface area contributed by atoms with Gasteiger partial charge in [-0.2, -0.15) is 15.0 Å². The number of hydrogen-bond acceptors (Lipinski definition) is 8. The van der Waals surface area contributed by atoms with Gasteiger partial charge in [-0.05, 0) is 31.2 Å². The molecule has 30 heavy (non-hydrogen) atoms. The molecule has 8 nitrogen and oxygen atoms in total. The third-order valence-electron chi connectivity index (χ3n) is 4.69. The number of nitrogens with one attached hydrogen (secondary N) is 1. The minimum atomic E-state index is 0.187. The van der Waals surface area contributed by atoms with Crippen molar-refractivity contribution in [3.63, 3.8) is 0 Å². The van der Waals surface area contributed by atoms with Gasteiger partial charge in [0.25, 0.3) is 0 Å². The third kappa shape index (κ3) is 5.36. The molecule has 1 heterocycles. The smallest absolute Gasteiger partial charge is 0.232 e. The zero-order valence-corrected chi connectivity index (χ0v) is 17.8. The number of ether oxygens (including phenoxy) is 2. The van der Waals surface area contributed by atoms with Crippen LogP contribution >= 0.6 is 0 Å². The van der Waals surface area contributed by atoms with E-state index in [1.807, 2.05) is 43.4 Å². The number of rotatable bonds is 9. The van der Waals surface area contributed by atoms with Gasteiger partial charge >= 0.3 is 0 Å². The maximum absolute atomic E-state index is 5.93. The van der Waals surface area contributed by atoms with Crippen molar-refractivity contribution in [2.45, 2.75) is 26.4 Å². The summed E-state index contributed by atoms with van der Waals surface area (Å²) in [7, 11) is 5.27. The summed E-state index contributed by atoms with van der Waals surface area (Å²) in [5.74, 6) is 2.75. The quantitative estimate of drug-likeness (QED) is 0.556. The zero-order valence-electron chi connectivity index (χ0n) is 17.8. The molecular formula is C22H28N6O2. The van der Waals surface area contributed by atoms with Gasteiger partial charge in [0.15, 0.2) is 0 Å². The van der Waals surface area contributed by atoms with Crippen molar-refractivity contribution in [2.24, 2.45) is 0 Å². The van der Waals surface area contributed by atoms with E-state index in [1.165, 1.54) is 5.56 Å². The molecule has 0 unspecified atom stereocenters. The monoisotopic (exact) mass is 408 g/mol. The van der Waals surface area contributed by atoms with Crippen LogP contribution in [0, 0.1) is 0 Å². The Bertz CT molecular complexity index is 995. The number of para-hydroxylation sites is 1. The summed E-state index contributed by atoms with van der Waals surface area (Å²) in [6, 6.07) is 13.8. The molecule has 0 bridgehead atoms. The Labute approximate surface area is 177 Å². The number of hydrogen-bond donors (Lipinski definition) is 2. The standard InChI is InChI=1S/C22H28N6O2/c1-5-15-8-6-7-9-18(15)24-22-26-20(25-21(23)27-22)14-28(2)13-16-10-11-17(29-3)12-19(16)30-4/h6-12H,5,13-14H2,1-4H3,(H3,23,24,25,26,27). The Morgan fingerprint density at radius 3 is 2.50 bits per heavy atom. The van der Waals surface area contributed by atoms with Gasteiger partial charge in [-0.3, -0.25) is 4.90 Å². The SMILES string of the molecule is CCc1ccccc1Nc1nc(N)nc(CN(C)Cc2ccc(OC)cc2OC)n1. The molecule has 0 fully saturated rings. The van der Waals surface area contributed by atoms with Gasteiger partial charge in [0, 0.05) is 23.9 Å². The van der Waals surface area contributed by atoms with Crippen LogP contribution < -0.4 is 20.5 Å². The summed E-state index contributed by atoms with van der Waals surface area (Å²) in [6.07, 6.45) is 0.906. The Morgan fingerprint density at radius 2 is 1.77 bits per heavy atom. The molecule has 3 rings (SSSR count). The molecule has 8 heteroatoms. The third-order valence-corrected chi connectivity index (χ3v) is 4.69. The largest absolute Gasteiger partial charge is 0.497 e. The molecule has 2 aromatic carbocycles. The highest BCUT2D eigenvalue weighted by Crippen LogP contribution is 2.26. The first kappa shape index (κ1) is 21.3. The summed E-state index contributed by atoms with van der Waals surface area (Å²) in [4.78, 5) is 15.2. The van der Waals surface area contributed by atoms with Crippen LogP contribution in [0.1, 0.15) is 23.9 Å². The first-order valence-corrected chi connectivity index (χ1v) is 9.77. The van der Waals surface area contributed by atoms with Crippen LogP contribution in [0.2, 0.25) is 0 Å². The summed E-state index contributed by atoms with van der Waals surface area (Å²) < 4.78 is 10.7. The number of nitrogens with two attached hydrogens (primary N) is 1. The van der Waals surface area contributed by atoms with Crippen molar-refractivity contribution in [3.8, 4) is 11.5 Å². The Balaban J connectivity index is 1.74. The maximum atomic E-state index is 5.93. The molecule has 0 spiro atoms. The zero-order chi connectivity index (χ0) is 21.5. The number of benzene rings is 2. The number of methoxy groups -OCH3 is 2. The highest BCUT2D eigenvalue weighted by Gasteiger charge is 2.12. The van der Waals surface area contributed by atoms with Crippen LogP contribution in [0.4, 0.5) is 17.6 Å². The number of nitrogen functional groups attached to an aromatic ring is 1. The maximum Gasteiger partial charge on any atom is 0.232 e. The highest BCUT2D eigenvalue weighted by molar-refractivity contribution is 5.58. The van der Waals surface area contributed by atoms with Crippen molar-refractivity contribution < 1.29 is 9.47 Å². The van der Waals surface area contributed by atoms with E-state index >= 15 is 0 Å². The van der Waals surface area contributed by atoms with Crippen LogP contribution in [0.15, 0.2) is 42.5 Å². The second-order valence-corrected chi connectivity index (χ2v) is 6.92. The Kier molecular flexibility index (Phi) is 7.03. The van der Waals surface area contributed by atoms with Crippen LogP contribution in [0.25, 0.3) is 0 Å². The molecule has 0 amide bonds. The average molecular weight is 409 g/mol. The first-order valence-electron chi connectivity index (χ1n) is 9.77. The molecule has 0 aliphatic rings. The van der Waals surface area contributed by atoms with Gasteiger partial charge in [-0.1, -0.05) is 31.2 Å². The van der Waals surface area contributed by atoms with Crippen molar-refractivity contribution >= 4 is 17.6 Å². The fraction of sp³-hybridized carbons (Fsp3) is 0.318. The molecule has 3 aromatic rings. The van der Waals surface area contributed by atoms with Gasteiger partial charge in [0.05, 0.1) is 20.8 Å². The van der Waals surface area contributed by atoms with E-state index in [0.29, 0.717) is 24.9 Å². The predicted molar refractivity (Wildman–Crippen MR) is 118 cm³/mol. The highest BCUT2D eigenvalue weighted by atomic mass is 16.5. The van der Waals surface area contributed by atoms with Crippen molar-refractivity contribution in [3.05, 3.63) is 59.4 Å². The van der Waals surface area contributed by atoms with Gasteiger partial charge in [0.1, 0.15) is 17.3 Å². The molecule has 0 aliphatic carbocycles. The lowest BCUT2D eigenvalue weighted by Gasteiger charge is -2.18. The predicted octanol–water partition coefficient (Wildman–Crippen LogP) is 3.41. The molecule has 0 aliphatic heterocycles. The lowest BCUT2D eigenvalue weighted by Crippen LogP contribution is -2.20. The lowest BCUT2D eigenvalue weighted by atomic mass is 10.1. The first-order chi connectivity index (χ1) is 14.5. The minimum absolute atomic E-state index is 0.187. The average Bonchev–Trinajstić information content (AvgIpc) is 2.74. The minimum Gasteiger partial charge on any atom is -0.497 e. The summed E-state index contributed by atoms with van der Waals surface area (Å²) in [5, 5.41) is 3.26. The van der Waals surface area contributed by atoms with Crippen LogP contribution in [0.5, 0.6) is 11.5 Å². The van der Waals surface area contributed by atoms with Crippen molar-refractivity contribution in [1.82, 2.24) is 19.9 Å². The van der Waals surface area contributed by atoms with Gasteiger partial charge < -0.3 is 20.5 Å². The molecule has 3 N–H and O–H groups in total. The number of aryl methyl sites for hydroxylation is 1. The summed E-state index contributed by atoms with van der Waals surface area (Å²) in [5.41, 5.74) is 9.12. The number of nitrogens with zero attached hydrogens (tertiary/aromatic N) is 4. The van der Waals surface area contributed by atoms with Gasteiger partial charge in [-0.25, -0.2) is 0 Å². The molecule has 158 valence electrons. The van der Waals surface area contributed by atoms with E-state index in [9.17, 15) is 0 Å². The molecule has 0 radical (unpaired) electrons. The van der Waals surface area contributed by atoms with Crippen LogP contribution in [-0.4, -0.2) is 41.1 Å². The Morgan fingerprint density at radius 1 is 0.967 bits per heavy atom. The molecular weight excluding hydrogens is 380 g/mol. The second-order valence-electron chi connectivity index (χ2n) is 6.92. The van der Waals surface area contributed by atoms with Crippen LogP contribution in [0.3, 0.4) is 0 Å². The fourth-order valence-electron chi connectivity index (χ4n) is 3.21. The van der Waals surface area contributed by atoms with E-state index < -0.39 is 0 Å². The summed E-state index contributed by atoms with van der Waals surface area (Å²) in [6.45, 7) is 3.27. The Hall–Kier alpha value is -3.39. The van der Waals surface area contributed by atoms with E-state index in [4.69, 9.17) is 15.2 Å². The van der Waals surface area contributed by atoms with E-state index in [1.54, 1.807) is 14.2 Å². The summed E-state index contributed by atoms with van der Waals surface area (Å²) >= 11 is 0. The normalized spacial score (nSPS) is 10.8. The number of aromatic nitrogens is 3. The lowest BCUT2D eigenvalue weighted by molar-refractivity contribution is 0.302. The van der Waals surface area contributed by atoms with E-state index in [0.717, 1.165) is 29.2 Å². The van der Waals surface area contributed by atoms with Gasteiger partial charge in [0.2, 0.25) is 11.9 Å². The second kappa shape index (κ2) is 9.89. The fourth-order valence-corrected chi connectivity index (χ4v) is 3.21. The van der Waals surface area contributed by atoms with Crippen LogP contribution in [-0.2, 0) is 19.5 Å². The molecule has 0 atom stereocenters. The van der Waals surface area contributed by atoms with Crippen molar-refractivity contribution in [1.29, 1.82) is 0 Å². The van der Waals surface area contributed by atoms with E-state index in [-0.39, 0.29) is 5.95 Å². The van der Waals surface area contributed by atoms with E-state index in [2.05, 4.69) is 38.2 Å². The van der Waals surface area contributed by atoms with Crippen molar-refractivity contribution in [2.75, 3.05) is 32.3 Å². The molecule has 0 saturated heterocycles. The number of anilines is 3. The van der Waals surface area contributed by atoms with Gasteiger partial charge in [-0.15, -0.1) is 0 Å². The molecule has 0 saturated carbocycles.